The number of rotatable bonds is 11. The van der Waals surface area contributed by atoms with E-state index in [0.29, 0.717) is 60.6 Å². The van der Waals surface area contributed by atoms with E-state index in [1.54, 1.807) is 41.0 Å². The molecule has 0 fully saturated rings. The van der Waals surface area contributed by atoms with Crippen LogP contribution in [0, 0.1) is 12.3 Å². The van der Waals surface area contributed by atoms with Crippen LogP contribution in [0.25, 0.3) is 22.1 Å². The maximum Gasteiger partial charge on any atom is 0.211 e. The molecule has 13 heteroatoms. The number of aliphatic hydroxyl groups excluding tert-OH is 2. The number of benzene rings is 6. The summed E-state index contributed by atoms with van der Waals surface area (Å²) >= 11 is 31.6. The van der Waals surface area contributed by atoms with Gasteiger partial charge in [-0.2, -0.15) is 0 Å². The summed E-state index contributed by atoms with van der Waals surface area (Å²) < 4.78 is 7.84. The smallest absolute Gasteiger partial charge is 0.211 e. The van der Waals surface area contributed by atoms with Crippen LogP contribution in [0.2, 0.25) is 25.1 Å². The molecule has 0 aliphatic rings. The molecule has 0 spiro atoms. The van der Waals surface area contributed by atoms with Crippen molar-refractivity contribution in [3.8, 4) is 0 Å². The van der Waals surface area contributed by atoms with E-state index < -0.39 is 12.2 Å². The van der Waals surface area contributed by atoms with Gasteiger partial charge in [-0.25, -0.2) is 4.99 Å². The molecule has 0 saturated heterocycles. The fourth-order valence-corrected chi connectivity index (χ4v) is 8.25. The minimum Gasteiger partial charge on any atom is -0.387 e. The molecule has 3 N–H and O–H groups in total. The molecule has 2 unspecified atom stereocenters. The lowest BCUT2D eigenvalue weighted by atomic mass is 10.1. The summed E-state index contributed by atoms with van der Waals surface area (Å²) in [7, 11) is 0. The van der Waals surface area contributed by atoms with Crippen molar-refractivity contribution in [3.05, 3.63) is 192 Å². The van der Waals surface area contributed by atoms with Crippen molar-refractivity contribution in [1.29, 1.82) is 5.41 Å². The van der Waals surface area contributed by atoms with Gasteiger partial charge in [0.2, 0.25) is 11.2 Å². The molecule has 0 aliphatic heterocycles. The third-order valence-corrected chi connectivity index (χ3v) is 11.9. The number of aromatic nitrogens is 4. The van der Waals surface area contributed by atoms with Crippen molar-refractivity contribution in [2.75, 3.05) is 0 Å². The van der Waals surface area contributed by atoms with Gasteiger partial charge in [-0.15, -0.1) is 0 Å². The first-order chi connectivity index (χ1) is 27.9. The highest BCUT2D eigenvalue weighted by atomic mass is 35.5. The first-order valence-electron chi connectivity index (χ1n) is 18.5. The number of hydrogen-bond acceptors (Lipinski definition) is 4. The van der Waals surface area contributed by atoms with E-state index >= 15 is 0 Å². The molecule has 294 valence electrons. The normalized spacial score (nSPS) is 13.1. The van der Waals surface area contributed by atoms with Gasteiger partial charge in [0, 0.05) is 20.6 Å². The van der Waals surface area contributed by atoms with Crippen molar-refractivity contribution >= 4 is 85.8 Å². The average molecular weight is 871 g/mol. The Morgan fingerprint density at radius 2 is 1.17 bits per heavy atom. The lowest BCUT2D eigenvalue weighted by molar-refractivity contribution is 0.155. The lowest BCUT2D eigenvalue weighted by Gasteiger charge is -2.15. The second-order valence-electron chi connectivity index (χ2n) is 14.3. The van der Waals surface area contributed by atoms with Crippen LogP contribution in [0.5, 0.6) is 0 Å². The van der Waals surface area contributed by atoms with Crippen LogP contribution in [0.15, 0.2) is 132 Å². The van der Waals surface area contributed by atoms with Gasteiger partial charge < -0.3 is 28.5 Å². The third kappa shape index (κ3) is 8.24. The van der Waals surface area contributed by atoms with Crippen LogP contribution in [0.1, 0.15) is 40.0 Å². The highest BCUT2D eigenvalue weighted by molar-refractivity contribution is 6.42. The summed E-state index contributed by atoms with van der Waals surface area (Å²) in [6.45, 7) is 3.17. The summed E-state index contributed by atoms with van der Waals surface area (Å²) in [4.78, 5) is 5.32. The zero-order chi connectivity index (χ0) is 40.7. The summed E-state index contributed by atoms with van der Waals surface area (Å²) in [5.41, 5.74) is 9.01. The van der Waals surface area contributed by atoms with Crippen molar-refractivity contribution in [2.24, 2.45) is 4.99 Å². The van der Waals surface area contributed by atoms with Crippen LogP contribution >= 0.6 is 58.0 Å². The van der Waals surface area contributed by atoms with E-state index in [1.807, 2.05) is 82.8 Å². The standard InChI is InChI=1S/C45H37Cl5N6O2/c1-27-6-8-28(9-7-27)23-53-41-22-33(16-19-40(41)54(44(53)51)25-42(57)30-12-18-35(48)37(50)20-30)52-45-55(24-29-10-13-31(46)14-11-29)38-4-2-3-5-39(38)56(45)26-43(58)34-17-15-32(47)21-36(34)49/h2-22,42-43,51,57-58H,23-26H2,1H3. The topological polar surface area (TPSA) is 96.4 Å². The van der Waals surface area contributed by atoms with E-state index in [2.05, 4.69) is 28.8 Å². The first kappa shape index (κ1) is 40.0. The van der Waals surface area contributed by atoms with E-state index in [-0.39, 0.29) is 18.7 Å². The molecular formula is C45H37Cl5N6O2. The number of hydrogen-bond donors (Lipinski definition) is 3. The second-order valence-corrected chi connectivity index (χ2v) is 16.4. The van der Waals surface area contributed by atoms with E-state index in [1.165, 1.54) is 0 Å². The number of fused-ring (bicyclic) bond motifs is 2. The van der Waals surface area contributed by atoms with E-state index in [4.69, 9.17) is 63.0 Å². The Labute approximate surface area is 359 Å². The molecule has 2 aromatic heterocycles. The summed E-state index contributed by atoms with van der Waals surface area (Å²) in [5, 5.41) is 34.8. The number of halogens is 5. The Morgan fingerprint density at radius 3 is 1.86 bits per heavy atom. The summed E-state index contributed by atoms with van der Waals surface area (Å²) in [6, 6.07) is 39.8. The minimum absolute atomic E-state index is 0.102. The first-order valence-corrected chi connectivity index (χ1v) is 20.4. The van der Waals surface area contributed by atoms with E-state index in [0.717, 1.165) is 38.8 Å². The Kier molecular flexibility index (Phi) is 11.6. The van der Waals surface area contributed by atoms with Gasteiger partial charge in [0.15, 0.2) is 0 Å². The fourth-order valence-electron chi connectivity index (χ4n) is 7.29. The zero-order valence-electron chi connectivity index (χ0n) is 31.1. The number of nitrogens with one attached hydrogen (secondary N) is 1. The van der Waals surface area contributed by atoms with E-state index in [9.17, 15) is 15.6 Å². The van der Waals surface area contributed by atoms with Crippen LogP contribution in [-0.2, 0) is 26.2 Å². The number of aliphatic hydroxyl groups is 2. The van der Waals surface area contributed by atoms with Gasteiger partial charge in [-0.05, 0) is 90.3 Å². The molecule has 2 heterocycles. The molecule has 0 radical (unpaired) electrons. The molecule has 0 bridgehead atoms. The molecular weight excluding hydrogens is 834 g/mol. The van der Waals surface area contributed by atoms with Gasteiger partial charge in [0.1, 0.15) is 0 Å². The molecule has 8 aromatic rings. The molecule has 8 rings (SSSR count). The van der Waals surface area contributed by atoms with Gasteiger partial charge >= 0.3 is 0 Å². The highest BCUT2D eigenvalue weighted by Crippen LogP contribution is 2.30. The molecule has 58 heavy (non-hydrogen) atoms. The van der Waals surface area contributed by atoms with Crippen molar-refractivity contribution in [2.45, 2.75) is 45.3 Å². The van der Waals surface area contributed by atoms with Gasteiger partial charge in [0.05, 0.1) is 76.2 Å². The quantitative estimate of drug-likeness (QED) is 0.121. The van der Waals surface area contributed by atoms with Crippen molar-refractivity contribution in [3.63, 3.8) is 0 Å². The predicted molar refractivity (Wildman–Crippen MR) is 235 cm³/mol. The molecule has 0 saturated carbocycles. The third-order valence-electron chi connectivity index (χ3n) is 10.3. The number of para-hydroxylation sites is 2. The maximum atomic E-state index is 11.7. The Morgan fingerprint density at radius 1 is 0.552 bits per heavy atom. The van der Waals surface area contributed by atoms with Gasteiger partial charge in [-0.1, -0.05) is 124 Å². The fraction of sp³-hybridized carbons (Fsp3) is 0.156. The Balaban J connectivity index is 1.31. The van der Waals surface area contributed by atoms with Crippen LogP contribution in [0.3, 0.4) is 0 Å². The largest absolute Gasteiger partial charge is 0.387 e. The number of aryl methyl sites for hydroxylation is 1. The molecule has 0 amide bonds. The predicted octanol–water partition coefficient (Wildman–Crippen LogP) is 11.1. The molecule has 8 nitrogen and oxygen atoms in total. The molecule has 6 aromatic carbocycles. The average Bonchev–Trinajstić information content (AvgIpc) is 3.62. The summed E-state index contributed by atoms with van der Waals surface area (Å²) in [6.07, 6.45) is -1.95. The SMILES string of the molecule is Cc1ccc(Cn2c(=N)n(CC(O)c3ccc(Cl)c(Cl)c3)c3ccc(N=c4n(Cc5ccc(Cl)cc5)c5ccccc5n4CC(O)c4ccc(Cl)cc4Cl)cc32)cc1. The lowest BCUT2D eigenvalue weighted by Crippen LogP contribution is -2.28. The maximum absolute atomic E-state index is 11.7. The molecule has 2 atom stereocenters. The Hall–Kier alpha value is -4.77. The second kappa shape index (κ2) is 16.8. The van der Waals surface area contributed by atoms with Crippen LogP contribution < -0.4 is 11.2 Å². The number of imidazole rings is 2. The highest BCUT2D eigenvalue weighted by Gasteiger charge is 2.21. The zero-order valence-corrected chi connectivity index (χ0v) is 34.9. The van der Waals surface area contributed by atoms with Crippen LogP contribution in [-0.4, -0.2) is 28.5 Å². The minimum atomic E-state index is -0.987. The summed E-state index contributed by atoms with van der Waals surface area (Å²) in [5.74, 6) is 0. The molecule has 0 aliphatic carbocycles. The van der Waals surface area contributed by atoms with Crippen LogP contribution in [0.4, 0.5) is 5.69 Å². The van der Waals surface area contributed by atoms with Gasteiger partial charge in [-0.3, -0.25) is 5.41 Å². The Bertz CT molecular complexity index is 2930. The van der Waals surface area contributed by atoms with Gasteiger partial charge in [0.25, 0.3) is 0 Å². The monoisotopic (exact) mass is 868 g/mol. The van der Waals surface area contributed by atoms with Crippen molar-refractivity contribution in [1.82, 2.24) is 18.3 Å². The number of nitrogens with zero attached hydrogens (tertiary/aromatic N) is 5. The van der Waals surface area contributed by atoms with Crippen molar-refractivity contribution < 1.29 is 10.2 Å².